The third kappa shape index (κ3) is 2.91. The fourth-order valence-electron chi connectivity index (χ4n) is 3.44. The second kappa shape index (κ2) is 6.47. The van der Waals surface area contributed by atoms with Crippen molar-refractivity contribution in [3.05, 3.63) is 47.4 Å². The van der Waals surface area contributed by atoms with Crippen LogP contribution in [-0.2, 0) is 19.4 Å². The van der Waals surface area contributed by atoms with Gasteiger partial charge in [-0.3, -0.25) is 9.48 Å². The molecule has 0 fully saturated rings. The number of aromatic nitrogens is 4. The first-order valence-electron chi connectivity index (χ1n) is 8.57. The minimum Gasteiger partial charge on any atom is -0.358 e. The van der Waals surface area contributed by atoms with Gasteiger partial charge in [-0.25, -0.2) is 0 Å². The van der Waals surface area contributed by atoms with Crippen molar-refractivity contribution in [1.82, 2.24) is 25.3 Å². The highest BCUT2D eigenvalue weighted by atomic mass is 16.1. The van der Waals surface area contributed by atoms with Crippen molar-refractivity contribution in [3.8, 4) is 0 Å². The zero-order valence-electron chi connectivity index (χ0n) is 13.6. The van der Waals surface area contributed by atoms with Gasteiger partial charge in [0.1, 0.15) is 0 Å². The molecule has 6 heteroatoms. The second-order valence-corrected chi connectivity index (χ2v) is 6.33. The van der Waals surface area contributed by atoms with Crippen LogP contribution < -0.4 is 5.32 Å². The van der Waals surface area contributed by atoms with Crippen molar-refractivity contribution in [2.45, 2.75) is 38.6 Å². The standard InChI is InChI=1S/C18H21N5O/c24-18(19-8-3-10-23-11-9-20-22-23)13-6-7-17-15(12-13)14-4-1-2-5-16(14)21-17/h6-7,9,11-12,21H,1-5,8,10H2,(H,19,24). The molecule has 1 amide bonds. The molecular weight excluding hydrogens is 302 g/mol. The zero-order chi connectivity index (χ0) is 16.4. The van der Waals surface area contributed by atoms with Crippen molar-refractivity contribution in [2.24, 2.45) is 0 Å². The van der Waals surface area contributed by atoms with Crippen LogP contribution in [0.25, 0.3) is 10.9 Å². The summed E-state index contributed by atoms with van der Waals surface area (Å²) in [6.45, 7) is 1.38. The number of benzene rings is 1. The summed E-state index contributed by atoms with van der Waals surface area (Å²) in [6.07, 6.45) is 9.02. The maximum Gasteiger partial charge on any atom is 0.251 e. The minimum atomic E-state index is -0.0127. The molecule has 0 aliphatic heterocycles. The summed E-state index contributed by atoms with van der Waals surface area (Å²) in [5.74, 6) is -0.0127. The number of fused-ring (bicyclic) bond motifs is 3. The number of amides is 1. The number of carbonyl (C=O) groups excluding carboxylic acids is 1. The molecule has 3 aromatic rings. The van der Waals surface area contributed by atoms with Gasteiger partial charge in [0.2, 0.25) is 0 Å². The summed E-state index contributed by atoms with van der Waals surface area (Å²) in [7, 11) is 0. The fraction of sp³-hybridized carbons (Fsp3) is 0.389. The van der Waals surface area contributed by atoms with Gasteiger partial charge in [0.25, 0.3) is 5.91 Å². The van der Waals surface area contributed by atoms with Crippen LogP contribution in [0.1, 0.15) is 40.9 Å². The average molecular weight is 323 g/mol. The summed E-state index contributed by atoms with van der Waals surface area (Å²) in [6, 6.07) is 5.96. The van der Waals surface area contributed by atoms with Crippen molar-refractivity contribution in [3.63, 3.8) is 0 Å². The average Bonchev–Trinajstić information content (AvgIpc) is 3.25. The van der Waals surface area contributed by atoms with Gasteiger partial charge in [-0.05, 0) is 55.9 Å². The number of H-pyrrole nitrogens is 1. The Labute approximate surface area is 140 Å². The number of carbonyl (C=O) groups is 1. The first-order chi connectivity index (χ1) is 11.8. The second-order valence-electron chi connectivity index (χ2n) is 6.33. The van der Waals surface area contributed by atoms with Gasteiger partial charge in [0, 0.05) is 41.4 Å². The Morgan fingerprint density at radius 1 is 1.29 bits per heavy atom. The molecule has 6 nitrogen and oxygen atoms in total. The maximum atomic E-state index is 12.4. The van der Waals surface area contributed by atoms with Crippen molar-refractivity contribution in [1.29, 1.82) is 0 Å². The third-order valence-corrected chi connectivity index (χ3v) is 4.68. The predicted octanol–water partition coefficient (Wildman–Crippen LogP) is 2.46. The molecule has 1 aromatic carbocycles. The van der Waals surface area contributed by atoms with Crippen LogP contribution in [-0.4, -0.2) is 32.4 Å². The van der Waals surface area contributed by atoms with E-state index in [-0.39, 0.29) is 5.91 Å². The van der Waals surface area contributed by atoms with Crippen LogP contribution in [0.2, 0.25) is 0 Å². The normalized spacial score (nSPS) is 13.8. The molecule has 0 radical (unpaired) electrons. The number of nitrogens with zero attached hydrogens (tertiary/aromatic N) is 3. The Balaban J connectivity index is 1.42. The van der Waals surface area contributed by atoms with Crippen LogP contribution in [0, 0.1) is 0 Å². The largest absolute Gasteiger partial charge is 0.358 e. The molecule has 0 spiro atoms. The monoisotopic (exact) mass is 323 g/mol. The van der Waals surface area contributed by atoms with Crippen LogP contribution >= 0.6 is 0 Å². The number of aromatic amines is 1. The number of nitrogens with one attached hydrogen (secondary N) is 2. The number of hydrogen-bond donors (Lipinski definition) is 2. The molecule has 2 aromatic heterocycles. The Bertz CT molecular complexity index is 850. The topological polar surface area (TPSA) is 75.6 Å². The van der Waals surface area contributed by atoms with Gasteiger partial charge in [-0.2, -0.15) is 0 Å². The van der Waals surface area contributed by atoms with Gasteiger partial charge in [0.05, 0.1) is 6.20 Å². The molecule has 0 atom stereocenters. The first kappa shape index (κ1) is 14.9. The highest BCUT2D eigenvalue weighted by Gasteiger charge is 2.16. The Hall–Kier alpha value is -2.63. The van der Waals surface area contributed by atoms with E-state index >= 15 is 0 Å². The van der Waals surface area contributed by atoms with E-state index in [0.717, 1.165) is 36.9 Å². The zero-order valence-corrected chi connectivity index (χ0v) is 13.6. The Morgan fingerprint density at radius 2 is 2.21 bits per heavy atom. The van der Waals surface area contributed by atoms with E-state index in [1.165, 1.54) is 29.5 Å². The molecule has 0 saturated carbocycles. The lowest BCUT2D eigenvalue weighted by Gasteiger charge is -2.10. The van der Waals surface area contributed by atoms with Crippen LogP contribution in [0.15, 0.2) is 30.6 Å². The van der Waals surface area contributed by atoms with E-state index in [9.17, 15) is 4.79 Å². The smallest absolute Gasteiger partial charge is 0.251 e. The molecule has 0 saturated heterocycles. The van der Waals surface area contributed by atoms with Gasteiger partial charge in [-0.15, -0.1) is 5.10 Å². The highest BCUT2D eigenvalue weighted by molar-refractivity contribution is 5.99. The summed E-state index contributed by atoms with van der Waals surface area (Å²) in [4.78, 5) is 15.9. The van der Waals surface area contributed by atoms with Gasteiger partial charge in [0.15, 0.2) is 0 Å². The molecule has 124 valence electrons. The van der Waals surface area contributed by atoms with Gasteiger partial charge in [-0.1, -0.05) is 5.21 Å². The van der Waals surface area contributed by atoms with Gasteiger partial charge >= 0.3 is 0 Å². The lowest BCUT2D eigenvalue weighted by atomic mass is 9.95. The molecule has 1 aliphatic rings. The molecule has 4 rings (SSSR count). The van der Waals surface area contributed by atoms with Crippen molar-refractivity contribution >= 4 is 16.8 Å². The first-order valence-corrected chi connectivity index (χ1v) is 8.57. The third-order valence-electron chi connectivity index (χ3n) is 4.68. The van der Waals surface area contributed by atoms with E-state index in [1.54, 1.807) is 10.9 Å². The van der Waals surface area contributed by atoms with Crippen molar-refractivity contribution in [2.75, 3.05) is 6.54 Å². The molecular formula is C18H21N5O. The van der Waals surface area contributed by atoms with E-state index in [4.69, 9.17) is 0 Å². The van der Waals surface area contributed by atoms with E-state index < -0.39 is 0 Å². The minimum absolute atomic E-state index is 0.0127. The predicted molar refractivity (Wildman–Crippen MR) is 91.9 cm³/mol. The molecule has 24 heavy (non-hydrogen) atoms. The summed E-state index contributed by atoms with van der Waals surface area (Å²) in [5, 5.41) is 11.9. The molecule has 0 unspecified atom stereocenters. The number of hydrogen-bond acceptors (Lipinski definition) is 3. The molecule has 0 bridgehead atoms. The Kier molecular flexibility index (Phi) is 4.02. The summed E-state index contributed by atoms with van der Waals surface area (Å²) < 4.78 is 1.77. The van der Waals surface area contributed by atoms with Gasteiger partial charge < -0.3 is 10.3 Å². The quantitative estimate of drug-likeness (QED) is 0.708. The summed E-state index contributed by atoms with van der Waals surface area (Å²) >= 11 is 0. The molecule has 2 heterocycles. The van der Waals surface area contributed by atoms with Crippen LogP contribution in [0.5, 0.6) is 0 Å². The Morgan fingerprint density at radius 3 is 3.08 bits per heavy atom. The number of rotatable bonds is 5. The molecule has 2 N–H and O–H groups in total. The van der Waals surface area contributed by atoms with E-state index in [1.807, 2.05) is 24.4 Å². The summed E-state index contributed by atoms with van der Waals surface area (Å²) in [5.41, 5.74) is 4.62. The molecule has 1 aliphatic carbocycles. The number of aryl methyl sites for hydroxylation is 3. The lowest BCUT2D eigenvalue weighted by Crippen LogP contribution is -2.25. The van der Waals surface area contributed by atoms with Crippen molar-refractivity contribution < 1.29 is 4.79 Å². The SMILES string of the molecule is O=C(NCCCn1ccnn1)c1ccc2[nH]c3c(c2c1)CCCC3. The maximum absolute atomic E-state index is 12.4. The van der Waals surface area contributed by atoms with E-state index in [0.29, 0.717) is 6.54 Å². The van der Waals surface area contributed by atoms with Crippen LogP contribution in [0.3, 0.4) is 0 Å². The highest BCUT2D eigenvalue weighted by Crippen LogP contribution is 2.29. The van der Waals surface area contributed by atoms with Crippen LogP contribution in [0.4, 0.5) is 0 Å². The fourth-order valence-corrected chi connectivity index (χ4v) is 3.44. The lowest BCUT2D eigenvalue weighted by molar-refractivity contribution is 0.0952. The van der Waals surface area contributed by atoms with E-state index in [2.05, 4.69) is 20.6 Å².